The fraction of sp³-hybridized carbons (Fsp3) is 0. The number of hydrogen-bond acceptors (Lipinski definition) is 4. The Morgan fingerprint density at radius 1 is 1.60 bits per heavy atom. The van der Waals surface area contributed by atoms with Crippen LogP contribution in [0.3, 0.4) is 0 Å². The maximum Gasteiger partial charge on any atom is 0.343 e. The SMILES string of the molecule is O=C(C=CS(=O)(=O)O)OBr. The first-order valence-electron chi connectivity index (χ1n) is 1.94. The second-order valence-corrected chi connectivity index (χ2v) is 2.84. The third-order valence-electron chi connectivity index (χ3n) is 0.452. The summed E-state index contributed by atoms with van der Waals surface area (Å²) in [6.45, 7) is 0. The van der Waals surface area contributed by atoms with Gasteiger partial charge in [-0.3, -0.25) is 4.55 Å². The van der Waals surface area contributed by atoms with Gasteiger partial charge in [0.1, 0.15) is 0 Å². The smallest absolute Gasteiger partial charge is 0.343 e. The Bertz CT molecular complexity index is 240. The van der Waals surface area contributed by atoms with Gasteiger partial charge in [0.05, 0.1) is 5.41 Å². The molecule has 0 heterocycles. The fourth-order valence-corrected chi connectivity index (χ4v) is 0.558. The van der Waals surface area contributed by atoms with E-state index in [1.807, 2.05) is 0 Å². The van der Waals surface area contributed by atoms with Gasteiger partial charge >= 0.3 is 5.97 Å². The monoisotopic (exact) mass is 230 g/mol. The molecule has 1 N–H and O–H groups in total. The lowest BCUT2D eigenvalue weighted by Crippen LogP contribution is -1.94. The number of carbonyl (C=O) groups excluding carboxylic acids is 1. The molecule has 0 aliphatic carbocycles. The van der Waals surface area contributed by atoms with Crippen LogP contribution in [-0.2, 0) is 18.7 Å². The van der Waals surface area contributed by atoms with Gasteiger partial charge in [0, 0.05) is 6.08 Å². The molecule has 0 aromatic carbocycles. The second kappa shape index (κ2) is 3.69. The average molecular weight is 231 g/mol. The van der Waals surface area contributed by atoms with Crippen molar-refractivity contribution in [1.29, 1.82) is 0 Å². The van der Waals surface area contributed by atoms with E-state index in [4.69, 9.17) is 4.55 Å². The largest absolute Gasteiger partial charge is 0.380 e. The lowest BCUT2D eigenvalue weighted by Gasteiger charge is -1.84. The molecular formula is C3H3BrO5S. The van der Waals surface area contributed by atoms with E-state index in [0.29, 0.717) is 11.5 Å². The van der Waals surface area contributed by atoms with Gasteiger partial charge in [-0.05, 0) is 0 Å². The predicted octanol–water partition coefficient (Wildman–Crippen LogP) is 0.241. The topological polar surface area (TPSA) is 80.7 Å². The molecule has 5 nitrogen and oxygen atoms in total. The zero-order valence-corrected chi connectivity index (χ0v) is 6.92. The minimum atomic E-state index is -4.23. The summed E-state index contributed by atoms with van der Waals surface area (Å²) in [6.07, 6.45) is 0.560. The van der Waals surface area contributed by atoms with Crippen molar-refractivity contribution in [2.75, 3.05) is 0 Å². The summed E-state index contributed by atoms with van der Waals surface area (Å²) in [5.41, 5.74) is 0. The van der Waals surface area contributed by atoms with E-state index < -0.39 is 16.1 Å². The van der Waals surface area contributed by atoms with Crippen molar-refractivity contribution in [3.05, 3.63) is 11.5 Å². The molecule has 0 bridgehead atoms. The van der Waals surface area contributed by atoms with Crippen LogP contribution in [0, 0.1) is 0 Å². The molecule has 0 aliphatic heterocycles. The van der Waals surface area contributed by atoms with Gasteiger partial charge in [-0.2, -0.15) is 8.42 Å². The molecule has 0 aliphatic rings. The highest BCUT2D eigenvalue weighted by molar-refractivity contribution is 9.06. The fourth-order valence-electron chi connectivity index (χ4n) is 0.167. The van der Waals surface area contributed by atoms with Crippen molar-refractivity contribution >= 4 is 32.3 Å². The van der Waals surface area contributed by atoms with Gasteiger partial charge in [-0.25, -0.2) is 4.79 Å². The summed E-state index contributed by atoms with van der Waals surface area (Å²) in [4.78, 5) is 10.1. The number of hydrogen-bond donors (Lipinski definition) is 1. The van der Waals surface area contributed by atoms with Crippen molar-refractivity contribution in [3.8, 4) is 0 Å². The molecule has 0 amide bonds. The normalized spacial score (nSPS) is 11.8. The zero-order valence-electron chi connectivity index (χ0n) is 4.52. The van der Waals surface area contributed by atoms with E-state index in [2.05, 4.69) is 20.1 Å². The Labute approximate surface area is 65.9 Å². The van der Waals surface area contributed by atoms with Gasteiger partial charge in [-0.1, -0.05) is 0 Å². The molecule has 7 heteroatoms. The van der Waals surface area contributed by atoms with Crippen LogP contribution in [0.1, 0.15) is 0 Å². The van der Waals surface area contributed by atoms with Crippen LogP contribution in [0.2, 0.25) is 0 Å². The first-order valence-corrected chi connectivity index (χ1v) is 4.09. The van der Waals surface area contributed by atoms with Crippen LogP contribution < -0.4 is 0 Å². The van der Waals surface area contributed by atoms with E-state index in [9.17, 15) is 13.2 Å². The summed E-state index contributed by atoms with van der Waals surface area (Å²) in [7, 11) is -4.23. The van der Waals surface area contributed by atoms with E-state index in [1.54, 1.807) is 0 Å². The van der Waals surface area contributed by atoms with Crippen LogP contribution in [0.25, 0.3) is 0 Å². The van der Waals surface area contributed by atoms with Crippen molar-refractivity contribution in [2.45, 2.75) is 0 Å². The zero-order chi connectivity index (χ0) is 8.20. The Balaban J connectivity index is 4.15. The van der Waals surface area contributed by atoms with Crippen LogP contribution in [-0.4, -0.2) is 18.9 Å². The van der Waals surface area contributed by atoms with E-state index >= 15 is 0 Å². The maximum atomic E-state index is 10.1. The highest BCUT2D eigenvalue weighted by atomic mass is 79.9. The number of carbonyl (C=O) groups is 1. The third kappa shape index (κ3) is 5.73. The Kier molecular flexibility index (Phi) is 3.54. The van der Waals surface area contributed by atoms with Crippen LogP contribution in [0.15, 0.2) is 11.5 Å². The van der Waals surface area contributed by atoms with Crippen LogP contribution in [0.5, 0.6) is 0 Å². The Morgan fingerprint density at radius 2 is 2.10 bits per heavy atom. The highest BCUT2D eigenvalue weighted by Crippen LogP contribution is 1.90. The van der Waals surface area contributed by atoms with Crippen molar-refractivity contribution in [3.63, 3.8) is 0 Å². The average Bonchev–Trinajstić information content (AvgIpc) is 1.81. The number of halogens is 1. The molecule has 10 heavy (non-hydrogen) atoms. The second-order valence-electron chi connectivity index (χ2n) is 1.21. The molecule has 0 rings (SSSR count). The van der Waals surface area contributed by atoms with Gasteiger partial charge < -0.3 is 3.83 Å². The van der Waals surface area contributed by atoms with E-state index in [0.717, 1.165) is 0 Å². The quantitative estimate of drug-likeness (QED) is 0.543. The van der Waals surface area contributed by atoms with Crippen LogP contribution in [0.4, 0.5) is 0 Å². The van der Waals surface area contributed by atoms with E-state index in [1.165, 1.54) is 0 Å². The molecule has 0 saturated carbocycles. The first kappa shape index (κ1) is 9.60. The molecule has 0 radical (unpaired) electrons. The molecule has 0 aromatic rings. The predicted molar refractivity (Wildman–Crippen MR) is 35.7 cm³/mol. The lowest BCUT2D eigenvalue weighted by molar-refractivity contribution is -0.127. The molecule has 0 aromatic heterocycles. The van der Waals surface area contributed by atoms with Gasteiger partial charge in [-0.15, -0.1) is 0 Å². The minimum absolute atomic E-state index is 0.316. The summed E-state index contributed by atoms with van der Waals surface area (Å²) >= 11 is 2.31. The van der Waals surface area contributed by atoms with Gasteiger partial charge in [0.15, 0.2) is 16.3 Å². The molecule has 0 unspecified atom stereocenters. The number of rotatable bonds is 2. The summed E-state index contributed by atoms with van der Waals surface area (Å²) in [5.74, 6) is -0.919. The molecular weight excluding hydrogens is 228 g/mol. The summed E-state index contributed by atoms with van der Waals surface area (Å²) in [5, 5.41) is 0.316. The first-order chi connectivity index (χ1) is 4.45. The Morgan fingerprint density at radius 3 is 2.40 bits per heavy atom. The molecule has 0 saturated heterocycles. The van der Waals surface area contributed by atoms with E-state index in [-0.39, 0.29) is 0 Å². The third-order valence-corrected chi connectivity index (χ3v) is 1.25. The highest BCUT2D eigenvalue weighted by Gasteiger charge is 1.98. The van der Waals surface area contributed by atoms with Crippen LogP contribution >= 0.6 is 16.3 Å². The lowest BCUT2D eigenvalue weighted by atomic mass is 10.7. The molecule has 0 spiro atoms. The van der Waals surface area contributed by atoms with Crippen molar-refractivity contribution < 1.29 is 21.6 Å². The van der Waals surface area contributed by atoms with Crippen molar-refractivity contribution in [2.24, 2.45) is 0 Å². The molecule has 0 fully saturated rings. The molecule has 58 valence electrons. The Hall–Kier alpha value is -0.400. The minimum Gasteiger partial charge on any atom is -0.380 e. The maximum absolute atomic E-state index is 10.1. The summed E-state index contributed by atoms with van der Waals surface area (Å²) in [6, 6.07) is 0. The van der Waals surface area contributed by atoms with Gasteiger partial charge in [0.2, 0.25) is 0 Å². The van der Waals surface area contributed by atoms with Gasteiger partial charge in [0.25, 0.3) is 10.1 Å². The van der Waals surface area contributed by atoms with Crippen molar-refractivity contribution in [1.82, 2.24) is 0 Å². The molecule has 0 atom stereocenters. The summed E-state index contributed by atoms with van der Waals surface area (Å²) < 4.78 is 31.7. The standard InChI is InChI=1S/C3H3BrO5S/c4-9-3(5)1-2-10(6,7)8/h1-2H,(H,6,7,8).